The summed E-state index contributed by atoms with van der Waals surface area (Å²) in [5, 5.41) is 227. The summed E-state index contributed by atoms with van der Waals surface area (Å²) in [7, 11) is 0. The Balaban J connectivity index is 0.000000136. The van der Waals surface area contributed by atoms with E-state index >= 15 is 0 Å². The number of hydrogen-bond acceptors (Lipinski definition) is 33. The van der Waals surface area contributed by atoms with Gasteiger partial charge in [-0.15, -0.1) is 0 Å². The lowest BCUT2D eigenvalue weighted by Gasteiger charge is -2.30. The first-order chi connectivity index (χ1) is 65.7. The third kappa shape index (κ3) is 22.7. The van der Waals surface area contributed by atoms with Gasteiger partial charge < -0.3 is 146 Å². The molecule has 5 unspecified atom stereocenters. The van der Waals surface area contributed by atoms with Crippen molar-refractivity contribution >= 4 is 45.5 Å². The third-order valence-electron chi connectivity index (χ3n) is 22.4. The highest BCUT2D eigenvalue weighted by atomic mass is 16.5. The van der Waals surface area contributed by atoms with Gasteiger partial charge in [0.2, 0.25) is 5.43 Å². The molecule has 706 valence electrons. The normalized spacial score (nSPS) is 14.6. The van der Waals surface area contributed by atoms with Crippen LogP contribution < -0.4 is 24.4 Å². The molecular formula is C105H88O33. The molecule has 5 heterocycles. The van der Waals surface area contributed by atoms with Gasteiger partial charge in [0.05, 0.1) is 52.9 Å². The molecule has 4 aliphatic heterocycles. The van der Waals surface area contributed by atoms with Crippen LogP contribution in [0.5, 0.6) is 155 Å². The largest absolute Gasteiger partial charge is 0.508 e. The van der Waals surface area contributed by atoms with Crippen LogP contribution in [0.1, 0.15) is 118 Å². The fourth-order valence-electron chi connectivity index (χ4n) is 14.7. The van der Waals surface area contributed by atoms with E-state index in [0.717, 1.165) is 64.1 Å². The van der Waals surface area contributed by atoms with E-state index in [1.54, 1.807) is 104 Å². The maximum atomic E-state index is 12.4. The first kappa shape index (κ1) is 96.9. The molecule has 0 aliphatic carbocycles. The van der Waals surface area contributed by atoms with Crippen LogP contribution >= 0.6 is 0 Å². The summed E-state index contributed by atoms with van der Waals surface area (Å²) in [4.78, 5) is 49.3. The lowest BCUT2D eigenvalue weighted by atomic mass is 9.87. The molecule has 33 nitrogen and oxygen atoms in total. The predicted molar refractivity (Wildman–Crippen MR) is 501 cm³/mol. The van der Waals surface area contributed by atoms with Gasteiger partial charge in [-0.1, -0.05) is 98.4 Å². The minimum absolute atomic E-state index is 0.0547. The van der Waals surface area contributed by atoms with Gasteiger partial charge in [0.15, 0.2) is 97.8 Å². The molecule has 14 aromatic carbocycles. The second-order valence-corrected chi connectivity index (χ2v) is 31.7. The molecule has 138 heavy (non-hydrogen) atoms. The zero-order chi connectivity index (χ0) is 99.4. The Bertz CT molecular complexity index is 7140. The highest BCUT2D eigenvalue weighted by Gasteiger charge is 2.35. The summed E-state index contributed by atoms with van der Waals surface area (Å²) < 4.78 is 27.5. The lowest BCUT2D eigenvalue weighted by Crippen LogP contribution is -2.25. The number of phenols is 23. The number of aliphatic hydroxyl groups excluding tert-OH is 1. The van der Waals surface area contributed by atoms with E-state index in [4.69, 9.17) is 23.4 Å². The number of carbonyl (C=O) groups excluding carboxylic acids is 3. The third-order valence-corrected chi connectivity index (χ3v) is 22.4. The van der Waals surface area contributed by atoms with Crippen molar-refractivity contribution in [3.05, 3.63) is 345 Å². The van der Waals surface area contributed by atoms with Crippen LogP contribution in [-0.4, -0.2) is 166 Å². The van der Waals surface area contributed by atoms with E-state index < -0.39 is 64.0 Å². The topological polar surface area (TPSA) is 604 Å². The Labute approximate surface area is 782 Å². The van der Waals surface area contributed by atoms with Gasteiger partial charge in [-0.25, -0.2) is 0 Å². The quantitative estimate of drug-likeness (QED) is 0.0247. The van der Waals surface area contributed by atoms with E-state index in [1.807, 2.05) is 18.2 Å². The standard InChI is InChI=1S/C15H14O5.C15H12O5.C15H10O5.C15H14O5.C15H12O5.C15H14O4.C15H12O4/c3*16-9-3-1-8(2-4-9)11-7-20-14-6-13(18)12(17)5-10(14)15(11)19;2*1-8(9-2-4-10(16)5-3-9)15(20)11-6-13(18)14(19)7-12(11)17;2*16-12-3-1-9(2-4-12)11-5-10-6-13(17)14(18)7-15(10)19-8-11/h1-6,11,15-19H,7H2;1-6,11,16-18H,7H2;1-7,16-18H;2-8,16-19H,1H3;2-7,16-19H,1H2;1-4,6-7,11,16-18H,5,8H2;1-7,16-18H,8H2. The number of phenolic OH excluding ortho intramolecular Hbond substituents is 23. The van der Waals surface area contributed by atoms with Gasteiger partial charge >= 0.3 is 0 Å². The Morgan fingerprint density at radius 3 is 1.36 bits per heavy atom. The van der Waals surface area contributed by atoms with Crippen molar-refractivity contribution in [3.8, 4) is 166 Å². The number of Topliss-reactive ketones (excluding diaryl/α,β-unsaturated/α-hetero) is 3. The maximum absolute atomic E-state index is 12.4. The molecule has 0 saturated heterocycles. The Kier molecular flexibility index (Phi) is 29.4. The van der Waals surface area contributed by atoms with E-state index in [0.29, 0.717) is 63.8 Å². The van der Waals surface area contributed by atoms with E-state index in [1.165, 1.54) is 128 Å². The number of allylic oxidation sites excluding steroid dienone is 1. The smallest absolute Gasteiger partial charge is 0.200 e. The number of aliphatic hydroxyl groups is 1. The fourth-order valence-corrected chi connectivity index (χ4v) is 14.7. The molecule has 0 amide bonds. The Hall–Kier alpha value is -18.7. The molecule has 15 aromatic rings. The number of benzene rings is 14. The minimum Gasteiger partial charge on any atom is -0.508 e. The Morgan fingerprint density at radius 2 is 0.790 bits per heavy atom. The van der Waals surface area contributed by atoms with Crippen molar-refractivity contribution in [2.24, 2.45) is 0 Å². The zero-order valence-corrected chi connectivity index (χ0v) is 72.4. The molecule has 0 fully saturated rings. The van der Waals surface area contributed by atoms with Crippen LogP contribution in [0.4, 0.5) is 0 Å². The van der Waals surface area contributed by atoms with Crippen LogP contribution in [0.2, 0.25) is 0 Å². The predicted octanol–water partition coefficient (Wildman–Crippen LogP) is 16.9. The van der Waals surface area contributed by atoms with E-state index in [-0.39, 0.29) is 173 Å². The second-order valence-electron chi connectivity index (χ2n) is 31.7. The zero-order valence-electron chi connectivity index (χ0n) is 72.4. The summed E-state index contributed by atoms with van der Waals surface area (Å²) in [6.45, 7) is 6.59. The van der Waals surface area contributed by atoms with Crippen LogP contribution in [0.15, 0.2) is 277 Å². The van der Waals surface area contributed by atoms with Crippen molar-refractivity contribution < 1.29 is 160 Å². The molecule has 0 spiro atoms. The van der Waals surface area contributed by atoms with Gasteiger partial charge in [-0.3, -0.25) is 19.2 Å². The minimum atomic E-state index is -0.852. The second kappa shape index (κ2) is 41.8. The van der Waals surface area contributed by atoms with Gasteiger partial charge in [0.1, 0.15) is 99.8 Å². The SMILES string of the molecule is C=C(C(=O)c1cc(O)c(O)cc1O)c1ccc(O)cc1.CC(C(=O)c1cc(O)c(O)cc1O)c1ccc(O)cc1.O=C1c2cc(O)c(O)cc2OCC1c1ccc(O)cc1.O=c1c(-c2ccc(O)cc2)coc2cc(O)c(O)cc12.Oc1ccc(C2=Cc3cc(O)c(O)cc3OC2)cc1.Oc1ccc(C2COc3cc(O)c(O)cc3C2)cc1.Oc1ccc(C2COc3cc(O)c(O)cc3C2O)cc1. The first-order valence-electron chi connectivity index (χ1n) is 41.7. The molecule has 24 N–H and O–H groups in total. The molecule has 19 rings (SSSR count). The van der Waals surface area contributed by atoms with Gasteiger partial charge in [-0.05, 0) is 190 Å². The van der Waals surface area contributed by atoms with Crippen molar-refractivity contribution in [1.82, 2.24) is 0 Å². The molecule has 4 aliphatic rings. The van der Waals surface area contributed by atoms with Crippen LogP contribution in [-0.2, 0) is 6.42 Å². The molecule has 1 aromatic heterocycles. The summed E-state index contributed by atoms with van der Waals surface area (Å²) in [5.74, 6) is -5.07. The highest BCUT2D eigenvalue weighted by Crippen LogP contribution is 2.48. The number of rotatable bonds is 11. The molecule has 0 radical (unpaired) electrons. The van der Waals surface area contributed by atoms with Gasteiger partial charge in [0, 0.05) is 76.9 Å². The van der Waals surface area contributed by atoms with Crippen LogP contribution in [0.3, 0.4) is 0 Å². The maximum Gasteiger partial charge on any atom is 0.200 e. The molecule has 5 atom stereocenters. The Morgan fingerprint density at radius 1 is 0.370 bits per heavy atom. The molecule has 0 bridgehead atoms. The average molecular weight is 1880 g/mol. The number of ketones is 3. The molecule has 0 saturated carbocycles. The summed E-state index contributed by atoms with van der Waals surface area (Å²) in [5.41, 5.74) is 8.53. The summed E-state index contributed by atoms with van der Waals surface area (Å²) >= 11 is 0. The fraction of sp³-hybridized carbons (Fsp3) is 0.105. The first-order valence-corrected chi connectivity index (χ1v) is 41.7. The number of fused-ring (bicyclic) bond motifs is 5. The summed E-state index contributed by atoms with van der Waals surface area (Å²) in [6.07, 6.45) is 3.06. The monoisotopic (exact) mass is 1880 g/mol. The van der Waals surface area contributed by atoms with Crippen molar-refractivity contribution in [3.63, 3.8) is 0 Å². The number of carbonyl (C=O) groups is 3. The number of ether oxygens (including phenoxy) is 4. The van der Waals surface area contributed by atoms with Crippen LogP contribution in [0, 0.1) is 0 Å². The highest BCUT2D eigenvalue weighted by molar-refractivity contribution is 6.29. The van der Waals surface area contributed by atoms with Crippen molar-refractivity contribution in [2.75, 3.05) is 26.4 Å². The van der Waals surface area contributed by atoms with Crippen LogP contribution in [0.25, 0.3) is 39.3 Å². The number of hydrogen-bond donors (Lipinski definition) is 24. The average Bonchev–Trinajstić information content (AvgIpc) is 0.469. The van der Waals surface area contributed by atoms with Gasteiger partial charge in [0.25, 0.3) is 0 Å². The molecule has 33 heteroatoms. The number of aromatic hydroxyl groups is 23. The van der Waals surface area contributed by atoms with Crippen molar-refractivity contribution in [1.29, 1.82) is 0 Å². The van der Waals surface area contributed by atoms with E-state index in [2.05, 4.69) is 6.58 Å². The van der Waals surface area contributed by atoms with E-state index in [9.17, 15) is 142 Å². The lowest BCUT2D eigenvalue weighted by molar-refractivity contribution is 0.0881. The van der Waals surface area contributed by atoms with Gasteiger partial charge in [-0.2, -0.15) is 0 Å². The molecular weight excluding hydrogens is 1790 g/mol. The summed E-state index contributed by atoms with van der Waals surface area (Å²) in [6, 6.07) is 61.9. The van der Waals surface area contributed by atoms with Crippen molar-refractivity contribution in [2.45, 2.75) is 43.1 Å².